The highest BCUT2D eigenvalue weighted by molar-refractivity contribution is 5.97. The minimum absolute atomic E-state index is 0.252. The first-order chi connectivity index (χ1) is 5.27. The van der Waals surface area contributed by atoms with Gasteiger partial charge in [-0.1, -0.05) is 0 Å². The molecule has 2 fully saturated rings. The van der Waals surface area contributed by atoms with Crippen LogP contribution in [0.5, 0.6) is 0 Å². The highest BCUT2D eigenvalue weighted by Crippen LogP contribution is 2.16. The molecule has 3 amide bonds. The summed E-state index contributed by atoms with van der Waals surface area (Å²) in [6.07, 6.45) is -0.0394. The quantitative estimate of drug-likeness (QED) is 0.503. The molecule has 2 aliphatic heterocycles. The molecule has 1 unspecified atom stereocenters. The Labute approximate surface area is 63.3 Å². The molecule has 1 N–H and O–H groups in total. The van der Waals surface area contributed by atoms with E-state index in [1.807, 2.05) is 0 Å². The van der Waals surface area contributed by atoms with Gasteiger partial charge in [-0.2, -0.15) is 0 Å². The Morgan fingerprint density at radius 1 is 1.55 bits per heavy atom. The van der Waals surface area contributed by atoms with Gasteiger partial charge in [0.15, 0.2) is 0 Å². The second-order valence-corrected chi connectivity index (χ2v) is 2.58. The van der Waals surface area contributed by atoms with Crippen molar-refractivity contribution in [2.24, 2.45) is 0 Å². The number of hydrogen-bond donors (Lipinski definition) is 1. The van der Waals surface area contributed by atoms with Crippen LogP contribution in [-0.4, -0.2) is 36.2 Å². The van der Waals surface area contributed by atoms with Crippen LogP contribution in [0.15, 0.2) is 0 Å². The van der Waals surface area contributed by atoms with Crippen LogP contribution in [0.25, 0.3) is 0 Å². The van der Waals surface area contributed by atoms with Crippen LogP contribution in [0.4, 0.5) is 4.79 Å². The molecule has 5 nitrogen and oxygen atoms in total. The number of hydrogen-bond acceptors (Lipinski definition) is 3. The number of amides is 3. The number of carbonyl (C=O) groups is 2. The van der Waals surface area contributed by atoms with Gasteiger partial charge in [0.1, 0.15) is 6.23 Å². The fourth-order valence-electron chi connectivity index (χ4n) is 1.32. The maximum Gasteiger partial charge on any atom is 0.326 e. The Morgan fingerprint density at radius 3 is 3.18 bits per heavy atom. The molecule has 11 heavy (non-hydrogen) atoms. The lowest BCUT2D eigenvalue weighted by molar-refractivity contribution is -0.126. The Bertz CT molecular complexity index is 216. The molecule has 0 aromatic carbocycles. The SMILES string of the molecule is O=C1CC2OCCN2C(=O)N1. The van der Waals surface area contributed by atoms with Gasteiger partial charge in [0.25, 0.3) is 0 Å². The van der Waals surface area contributed by atoms with Gasteiger partial charge in [0.2, 0.25) is 5.91 Å². The van der Waals surface area contributed by atoms with Crippen molar-refractivity contribution in [2.45, 2.75) is 12.6 Å². The maximum atomic E-state index is 11.0. The third-order valence-corrected chi connectivity index (χ3v) is 1.86. The molecule has 2 heterocycles. The van der Waals surface area contributed by atoms with Gasteiger partial charge < -0.3 is 4.74 Å². The predicted molar refractivity (Wildman–Crippen MR) is 34.6 cm³/mol. The Hall–Kier alpha value is -1.10. The molecule has 1 atom stereocenters. The Morgan fingerprint density at radius 2 is 2.36 bits per heavy atom. The number of urea groups is 1. The smallest absolute Gasteiger partial charge is 0.326 e. The zero-order chi connectivity index (χ0) is 7.84. The van der Waals surface area contributed by atoms with E-state index in [-0.39, 0.29) is 24.6 Å². The van der Waals surface area contributed by atoms with Crippen molar-refractivity contribution in [1.29, 1.82) is 0 Å². The first-order valence-corrected chi connectivity index (χ1v) is 3.49. The van der Waals surface area contributed by atoms with E-state index in [4.69, 9.17) is 4.74 Å². The summed E-state index contributed by atoms with van der Waals surface area (Å²) in [5, 5.41) is 2.22. The van der Waals surface area contributed by atoms with Gasteiger partial charge in [0.05, 0.1) is 13.0 Å². The zero-order valence-electron chi connectivity index (χ0n) is 5.87. The molecule has 0 saturated carbocycles. The van der Waals surface area contributed by atoms with Crippen molar-refractivity contribution < 1.29 is 14.3 Å². The van der Waals surface area contributed by atoms with Gasteiger partial charge in [-0.05, 0) is 0 Å². The average Bonchev–Trinajstić information content (AvgIpc) is 2.34. The molecule has 2 rings (SSSR count). The summed E-state index contributed by atoms with van der Waals surface area (Å²) in [5.74, 6) is -0.252. The van der Waals surface area contributed by atoms with E-state index >= 15 is 0 Å². The molecule has 0 aromatic heterocycles. The fraction of sp³-hybridized carbons (Fsp3) is 0.667. The molecule has 0 radical (unpaired) electrons. The molecule has 5 heteroatoms. The lowest BCUT2D eigenvalue weighted by Gasteiger charge is -2.26. The molecule has 0 bridgehead atoms. The lowest BCUT2D eigenvalue weighted by atomic mass is 10.3. The number of rotatable bonds is 0. The van der Waals surface area contributed by atoms with Gasteiger partial charge in [-0.3, -0.25) is 15.0 Å². The molecular weight excluding hydrogens is 148 g/mol. The topological polar surface area (TPSA) is 58.6 Å². The number of ether oxygens (including phenoxy) is 1. The summed E-state index contributed by atoms with van der Waals surface area (Å²) in [7, 11) is 0. The minimum Gasteiger partial charge on any atom is -0.356 e. The van der Waals surface area contributed by atoms with Crippen molar-refractivity contribution in [3.05, 3.63) is 0 Å². The van der Waals surface area contributed by atoms with Crippen molar-refractivity contribution in [1.82, 2.24) is 10.2 Å². The van der Waals surface area contributed by atoms with E-state index in [9.17, 15) is 9.59 Å². The number of nitrogens with zero attached hydrogens (tertiary/aromatic N) is 1. The average molecular weight is 156 g/mol. The molecule has 0 aromatic rings. The van der Waals surface area contributed by atoms with Crippen LogP contribution >= 0.6 is 0 Å². The normalized spacial score (nSPS) is 30.2. The van der Waals surface area contributed by atoms with Crippen LogP contribution in [0.3, 0.4) is 0 Å². The van der Waals surface area contributed by atoms with Gasteiger partial charge in [0, 0.05) is 6.54 Å². The predicted octanol–water partition coefficient (Wildman–Crippen LogP) is -0.715. The van der Waals surface area contributed by atoms with Gasteiger partial charge in [-0.25, -0.2) is 4.79 Å². The summed E-state index contributed by atoms with van der Waals surface area (Å²) in [4.78, 5) is 23.3. The van der Waals surface area contributed by atoms with Crippen molar-refractivity contribution >= 4 is 11.9 Å². The number of nitrogens with one attached hydrogen (secondary N) is 1. The van der Waals surface area contributed by atoms with Gasteiger partial charge in [-0.15, -0.1) is 0 Å². The molecule has 2 saturated heterocycles. The summed E-state index contributed by atoms with van der Waals surface area (Å²) in [6, 6.07) is -0.330. The molecular formula is C6H8N2O3. The Kier molecular flexibility index (Phi) is 1.32. The van der Waals surface area contributed by atoms with E-state index in [0.29, 0.717) is 13.2 Å². The molecule has 0 aliphatic carbocycles. The first-order valence-electron chi connectivity index (χ1n) is 3.49. The third kappa shape index (κ3) is 0.970. The largest absolute Gasteiger partial charge is 0.356 e. The number of fused-ring (bicyclic) bond motifs is 1. The molecule has 0 spiro atoms. The summed E-state index contributed by atoms with van der Waals surface area (Å²) in [6.45, 7) is 1.12. The van der Waals surface area contributed by atoms with Gasteiger partial charge >= 0.3 is 6.03 Å². The van der Waals surface area contributed by atoms with Crippen LogP contribution in [0.2, 0.25) is 0 Å². The summed E-state index contributed by atoms with van der Waals surface area (Å²) >= 11 is 0. The van der Waals surface area contributed by atoms with E-state index in [1.165, 1.54) is 4.90 Å². The number of imide groups is 1. The van der Waals surface area contributed by atoms with Crippen LogP contribution in [-0.2, 0) is 9.53 Å². The standard InChI is InChI=1S/C6H8N2O3/c9-4-3-5-8(1-2-11-5)6(10)7-4/h5H,1-3H2,(H,7,9,10). The third-order valence-electron chi connectivity index (χ3n) is 1.86. The van der Waals surface area contributed by atoms with Crippen molar-refractivity contribution in [2.75, 3.05) is 13.2 Å². The summed E-state index contributed by atoms with van der Waals surface area (Å²) in [5.41, 5.74) is 0. The highest BCUT2D eigenvalue weighted by Gasteiger charge is 2.36. The Balaban J connectivity index is 2.16. The second kappa shape index (κ2) is 2.20. The lowest BCUT2D eigenvalue weighted by Crippen LogP contribution is -2.52. The van der Waals surface area contributed by atoms with E-state index in [0.717, 1.165) is 0 Å². The highest BCUT2D eigenvalue weighted by atomic mass is 16.5. The monoisotopic (exact) mass is 156 g/mol. The summed E-state index contributed by atoms with van der Waals surface area (Å²) < 4.78 is 5.14. The van der Waals surface area contributed by atoms with Crippen LogP contribution in [0, 0.1) is 0 Å². The van der Waals surface area contributed by atoms with E-state index < -0.39 is 0 Å². The molecule has 2 aliphatic rings. The van der Waals surface area contributed by atoms with Crippen LogP contribution < -0.4 is 5.32 Å². The van der Waals surface area contributed by atoms with Crippen molar-refractivity contribution in [3.63, 3.8) is 0 Å². The maximum absolute atomic E-state index is 11.0. The first kappa shape index (κ1) is 6.60. The van der Waals surface area contributed by atoms with E-state index in [2.05, 4.69) is 5.32 Å². The van der Waals surface area contributed by atoms with Crippen molar-refractivity contribution in [3.8, 4) is 0 Å². The number of carbonyl (C=O) groups excluding carboxylic acids is 2. The van der Waals surface area contributed by atoms with E-state index in [1.54, 1.807) is 0 Å². The zero-order valence-corrected chi connectivity index (χ0v) is 5.87. The second-order valence-electron chi connectivity index (χ2n) is 2.58. The van der Waals surface area contributed by atoms with Crippen LogP contribution in [0.1, 0.15) is 6.42 Å². The molecule has 60 valence electrons. The fourth-order valence-corrected chi connectivity index (χ4v) is 1.32. The minimum atomic E-state index is -0.330.